The fraction of sp³-hybridized carbons (Fsp3) is 0.483. The van der Waals surface area contributed by atoms with E-state index in [2.05, 4.69) is 5.32 Å². The molecule has 0 radical (unpaired) electrons. The second-order valence-corrected chi connectivity index (χ2v) is 11.0. The number of carboxylic acid groups (broad SMARTS) is 1. The summed E-state index contributed by atoms with van der Waals surface area (Å²) in [6.45, 7) is 3.69. The number of carbonyl (C=O) groups excluding carboxylic acids is 2. The van der Waals surface area contributed by atoms with E-state index < -0.39 is 35.0 Å². The second-order valence-electron chi connectivity index (χ2n) is 11.0. The number of benzene rings is 2. The molecule has 1 atom stereocenters. The Morgan fingerprint density at radius 1 is 1.10 bits per heavy atom. The summed E-state index contributed by atoms with van der Waals surface area (Å²) in [5.74, 6) is -3.19. The van der Waals surface area contributed by atoms with Gasteiger partial charge in [-0.15, -0.1) is 0 Å². The van der Waals surface area contributed by atoms with Crippen LogP contribution in [0.25, 0.3) is 0 Å². The summed E-state index contributed by atoms with van der Waals surface area (Å²) >= 11 is 0. The Morgan fingerprint density at radius 2 is 1.77 bits per heavy atom. The van der Waals surface area contributed by atoms with Crippen molar-refractivity contribution in [2.75, 3.05) is 32.7 Å². The Labute approximate surface area is 226 Å². The van der Waals surface area contributed by atoms with Gasteiger partial charge in [-0.25, -0.2) is 8.78 Å². The van der Waals surface area contributed by atoms with Gasteiger partial charge in [0.2, 0.25) is 5.91 Å². The molecule has 1 fully saturated rings. The first-order valence-corrected chi connectivity index (χ1v) is 12.9. The largest absolute Gasteiger partial charge is 0.497 e. The maximum atomic E-state index is 15.1. The maximum absolute atomic E-state index is 15.1. The van der Waals surface area contributed by atoms with Crippen molar-refractivity contribution >= 4 is 23.5 Å². The van der Waals surface area contributed by atoms with Crippen LogP contribution in [-0.4, -0.2) is 55.2 Å². The van der Waals surface area contributed by atoms with Crippen LogP contribution in [-0.2, 0) is 31.0 Å². The number of ether oxygens (including phenoxy) is 2. The van der Waals surface area contributed by atoms with E-state index in [0.29, 0.717) is 30.6 Å². The summed E-state index contributed by atoms with van der Waals surface area (Å²) in [5, 5.41) is 11.7. The number of methoxy groups -OCH3 is 2. The highest BCUT2D eigenvalue weighted by Gasteiger charge is 2.43. The molecule has 2 aliphatic rings. The Kier molecular flexibility index (Phi) is 8.25. The maximum Gasteiger partial charge on any atom is 0.303 e. The molecule has 0 spiro atoms. The molecule has 0 aromatic heterocycles. The van der Waals surface area contributed by atoms with Crippen LogP contribution in [0.1, 0.15) is 55.8 Å². The van der Waals surface area contributed by atoms with E-state index in [4.69, 9.17) is 14.6 Å². The average molecular weight is 545 g/mol. The van der Waals surface area contributed by atoms with Crippen LogP contribution >= 0.6 is 0 Å². The number of fused-ring (bicyclic) bond motifs is 1. The molecule has 1 aliphatic heterocycles. The van der Waals surface area contributed by atoms with Gasteiger partial charge < -0.3 is 24.8 Å². The number of carbonyl (C=O) groups is 3. The number of nitrogens with one attached hydrogen (secondary N) is 1. The first-order valence-electron chi connectivity index (χ1n) is 12.9. The molecular formula is C29H34F2N2O6. The van der Waals surface area contributed by atoms with E-state index in [1.54, 1.807) is 26.0 Å². The quantitative estimate of drug-likeness (QED) is 0.483. The third-order valence-corrected chi connectivity index (χ3v) is 7.65. The molecule has 2 aromatic carbocycles. The lowest BCUT2D eigenvalue weighted by Gasteiger charge is -2.42. The van der Waals surface area contributed by atoms with E-state index in [1.165, 1.54) is 19.1 Å². The van der Waals surface area contributed by atoms with Crippen LogP contribution in [0.15, 0.2) is 30.3 Å². The molecule has 2 aromatic rings. The number of rotatable bonds is 9. The van der Waals surface area contributed by atoms with Crippen molar-refractivity contribution in [3.05, 3.63) is 58.7 Å². The van der Waals surface area contributed by atoms with Gasteiger partial charge in [-0.1, -0.05) is 19.9 Å². The molecule has 1 heterocycles. The Morgan fingerprint density at radius 3 is 2.36 bits per heavy atom. The normalized spacial score (nSPS) is 20.6. The lowest BCUT2D eigenvalue weighted by Crippen LogP contribution is -2.50. The summed E-state index contributed by atoms with van der Waals surface area (Å²) in [5.41, 5.74) is 0.301. The predicted octanol–water partition coefficient (Wildman–Crippen LogP) is 4.46. The van der Waals surface area contributed by atoms with Gasteiger partial charge in [0.1, 0.15) is 23.4 Å². The van der Waals surface area contributed by atoms with Crippen molar-refractivity contribution < 1.29 is 37.7 Å². The number of halogens is 2. The van der Waals surface area contributed by atoms with Gasteiger partial charge in [0.25, 0.3) is 5.91 Å². The Balaban J connectivity index is 1.62. The number of nitrogens with zero attached hydrogens (tertiary/aromatic N) is 1. The van der Waals surface area contributed by atoms with Gasteiger partial charge in [-0.3, -0.25) is 14.4 Å². The van der Waals surface area contributed by atoms with Crippen molar-refractivity contribution in [3.63, 3.8) is 0 Å². The first-order chi connectivity index (χ1) is 18.4. The summed E-state index contributed by atoms with van der Waals surface area (Å²) in [4.78, 5) is 39.7. The molecule has 0 bridgehead atoms. The van der Waals surface area contributed by atoms with Crippen molar-refractivity contribution in [2.24, 2.45) is 11.8 Å². The van der Waals surface area contributed by atoms with Gasteiger partial charge in [-0.05, 0) is 60.6 Å². The molecule has 1 unspecified atom stereocenters. The van der Waals surface area contributed by atoms with Crippen molar-refractivity contribution in [1.82, 2.24) is 4.90 Å². The van der Waals surface area contributed by atoms with Crippen molar-refractivity contribution in [2.45, 2.75) is 51.0 Å². The lowest BCUT2D eigenvalue weighted by atomic mass is 9.72. The monoisotopic (exact) mass is 544 g/mol. The molecule has 8 nitrogen and oxygen atoms in total. The molecule has 1 saturated carbocycles. The highest BCUT2D eigenvalue weighted by molar-refractivity contribution is 5.99. The number of amides is 2. The zero-order valence-corrected chi connectivity index (χ0v) is 22.6. The number of carboxylic acids is 1. The van der Waals surface area contributed by atoms with Crippen LogP contribution in [0.3, 0.4) is 0 Å². The molecule has 0 saturated heterocycles. The molecular weight excluding hydrogens is 510 g/mol. The van der Waals surface area contributed by atoms with Gasteiger partial charge in [0, 0.05) is 42.7 Å². The van der Waals surface area contributed by atoms with Crippen molar-refractivity contribution in [3.8, 4) is 5.75 Å². The third-order valence-electron chi connectivity index (χ3n) is 7.65. The van der Waals surface area contributed by atoms with Gasteiger partial charge in [0.05, 0.1) is 13.7 Å². The number of hydrogen-bond acceptors (Lipinski definition) is 5. The number of anilines is 1. The van der Waals surface area contributed by atoms with Gasteiger partial charge in [0.15, 0.2) is 0 Å². The van der Waals surface area contributed by atoms with Crippen LogP contribution in [0.4, 0.5) is 14.5 Å². The van der Waals surface area contributed by atoms with E-state index in [9.17, 15) is 14.4 Å². The standard InChI is InChI=1S/C29H34F2N2O6/c1-29(2,15-38-3)25-22(30)13-19(14-23(25)31)32-27(36)26-21-6-5-20(39-4)12-17(21)7-8-33(26)28(37)18-9-16(10-18)11-24(34)35/h5-6,12-14,16,18,26H,7-11,15H2,1-4H3,(H,32,36)(H,34,35)/t16-,18+,26?. The summed E-state index contributed by atoms with van der Waals surface area (Å²) in [7, 11) is 2.99. The molecule has 210 valence electrons. The number of aliphatic carboxylic acids is 1. The topological polar surface area (TPSA) is 105 Å². The molecule has 39 heavy (non-hydrogen) atoms. The van der Waals surface area contributed by atoms with E-state index in [1.807, 2.05) is 6.07 Å². The van der Waals surface area contributed by atoms with Gasteiger partial charge >= 0.3 is 5.97 Å². The molecule has 10 heteroatoms. The highest BCUT2D eigenvalue weighted by atomic mass is 19.1. The minimum absolute atomic E-state index is 0.00460. The molecule has 2 amide bonds. The minimum Gasteiger partial charge on any atom is -0.497 e. The van der Waals surface area contributed by atoms with Crippen LogP contribution in [0, 0.1) is 23.5 Å². The van der Waals surface area contributed by atoms with Crippen LogP contribution in [0.5, 0.6) is 5.75 Å². The molecule has 1 aliphatic carbocycles. The fourth-order valence-corrected chi connectivity index (χ4v) is 5.77. The smallest absolute Gasteiger partial charge is 0.303 e. The SMILES string of the molecule is COCC(C)(C)c1c(F)cc(NC(=O)C2c3ccc(OC)cc3CCN2C(=O)[C@H]2C[C@@H](CC(=O)O)C2)cc1F. The van der Waals surface area contributed by atoms with E-state index >= 15 is 8.78 Å². The van der Waals surface area contributed by atoms with Crippen LogP contribution in [0.2, 0.25) is 0 Å². The lowest BCUT2D eigenvalue weighted by molar-refractivity contribution is -0.149. The zero-order valence-electron chi connectivity index (χ0n) is 22.6. The summed E-state index contributed by atoms with van der Waals surface area (Å²) in [6.07, 6.45) is 1.39. The first kappa shape index (κ1) is 28.5. The van der Waals surface area contributed by atoms with E-state index in [0.717, 1.165) is 17.7 Å². The average Bonchev–Trinajstić information content (AvgIpc) is 2.83. The minimum atomic E-state index is -1.03. The van der Waals surface area contributed by atoms with Crippen molar-refractivity contribution in [1.29, 1.82) is 0 Å². The summed E-state index contributed by atoms with van der Waals surface area (Å²) < 4.78 is 40.6. The Bertz CT molecular complexity index is 1250. The molecule has 2 N–H and O–H groups in total. The molecule has 4 rings (SSSR count). The van der Waals surface area contributed by atoms with Crippen LogP contribution < -0.4 is 10.1 Å². The predicted molar refractivity (Wildman–Crippen MR) is 140 cm³/mol. The fourth-order valence-electron chi connectivity index (χ4n) is 5.77. The number of hydrogen-bond donors (Lipinski definition) is 2. The Hall–Kier alpha value is -3.53. The summed E-state index contributed by atoms with van der Waals surface area (Å²) in [6, 6.07) is 6.35. The highest BCUT2D eigenvalue weighted by Crippen LogP contribution is 2.41. The van der Waals surface area contributed by atoms with Gasteiger partial charge in [-0.2, -0.15) is 0 Å². The zero-order chi connectivity index (χ0) is 28.5. The second kappa shape index (κ2) is 11.3. The van der Waals surface area contributed by atoms with E-state index in [-0.39, 0.29) is 48.6 Å². The third kappa shape index (κ3) is 5.90.